The van der Waals surface area contributed by atoms with Gasteiger partial charge in [0.2, 0.25) is 0 Å². The van der Waals surface area contributed by atoms with Crippen molar-refractivity contribution in [3.8, 4) is 0 Å². The van der Waals surface area contributed by atoms with Gasteiger partial charge in [0, 0.05) is 23.8 Å². The first-order valence-electron chi connectivity index (χ1n) is 5.88. The van der Waals surface area contributed by atoms with Crippen LogP contribution in [0.2, 0.25) is 0 Å². The average molecular weight is 286 g/mol. The number of hydrogen-bond acceptors (Lipinski definition) is 4. The number of anilines is 1. The van der Waals surface area contributed by atoms with Crippen LogP contribution in [0.5, 0.6) is 0 Å². The summed E-state index contributed by atoms with van der Waals surface area (Å²) in [7, 11) is -4.05. The number of nitrogens with one attached hydrogen (secondary N) is 2. The number of carbonyl (C=O) groups is 1. The van der Waals surface area contributed by atoms with Gasteiger partial charge in [-0.2, -0.15) is 8.42 Å². The summed E-state index contributed by atoms with van der Waals surface area (Å²) in [6.45, 7) is 3.90. The molecule has 0 unspecified atom stereocenters. The fourth-order valence-electron chi connectivity index (χ4n) is 1.45. The fourth-order valence-corrected chi connectivity index (χ4v) is 1.81. The van der Waals surface area contributed by atoms with Crippen molar-refractivity contribution in [3.63, 3.8) is 0 Å². The average Bonchev–Trinajstić information content (AvgIpc) is 2.27. The van der Waals surface area contributed by atoms with Crippen LogP contribution >= 0.6 is 0 Å². The van der Waals surface area contributed by atoms with Crippen molar-refractivity contribution in [1.82, 2.24) is 5.32 Å². The lowest BCUT2D eigenvalue weighted by atomic mass is 10.2. The predicted octanol–water partition coefficient (Wildman–Crippen LogP) is 1.12. The van der Waals surface area contributed by atoms with Gasteiger partial charge in [0.15, 0.2) is 0 Å². The minimum Gasteiger partial charge on any atom is -0.383 e. The number of amides is 1. The lowest BCUT2D eigenvalue weighted by Crippen LogP contribution is -2.28. The number of rotatable bonds is 6. The number of benzene rings is 1. The van der Waals surface area contributed by atoms with Gasteiger partial charge in [-0.3, -0.25) is 9.35 Å². The zero-order chi connectivity index (χ0) is 14.5. The summed E-state index contributed by atoms with van der Waals surface area (Å²) in [5, 5.41) is 5.61. The summed E-state index contributed by atoms with van der Waals surface area (Å²) in [6.07, 6.45) is 0. The van der Waals surface area contributed by atoms with Crippen LogP contribution < -0.4 is 10.6 Å². The Morgan fingerprint density at radius 3 is 2.32 bits per heavy atom. The molecule has 1 rings (SSSR count). The van der Waals surface area contributed by atoms with Gasteiger partial charge in [0.25, 0.3) is 16.0 Å². The van der Waals surface area contributed by atoms with Gasteiger partial charge in [-0.1, -0.05) is 0 Å². The van der Waals surface area contributed by atoms with E-state index in [-0.39, 0.29) is 12.5 Å². The molecule has 0 atom stereocenters. The van der Waals surface area contributed by atoms with E-state index in [1.165, 1.54) is 0 Å². The van der Waals surface area contributed by atoms with Gasteiger partial charge < -0.3 is 10.6 Å². The van der Waals surface area contributed by atoms with E-state index in [0.29, 0.717) is 11.6 Å². The van der Waals surface area contributed by atoms with Gasteiger partial charge in [-0.05, 0) is 38.1 Å². The predicted molar refractivity (Wildman–Crippen MR) is 73.9 cm³/mol. The van der Waals surface area contributed by atoms with Gasteiger partial charge in [0.1, 0.15) is 0 Å². The number of carbonyl (C=O) groups excluding carboxylic acids is 1. The Kier molecular flexibility index (Phi) is 5.31. The molecular weight excluding hydrogens is 268 g/mol. The van der Waals surface area contributed by atoms with E-state index >= 15 is 0 Å². The Labute approximate surface area is 113 Å². The van der Waals surface area contributed by atoms with E-state index in [1.807, 2.05) is 13.8 Å². The third kappa shape index (κ3) is 6.21. The molecule has 0 bridgehead atoms. The largest absolute Gasteiger partial charge is 0.383 e. The highest BCUT2D eigenvalue weighted by Crippen LogP contribution is 2.10. The highest BCUT2D eigenvalue weighted by atomic mass is 32.2. The molecule has 0 aliphatic rings. The van der Waals surface area contributed by atoms with E-state index < -0.39 is 15.9 Å². The van der Waals surface area contributed by atoms with Crippen molar-refractivity contribution in [2.75, 3.05) is 17.6 Å². The van der Waals surface area contributed by atoms with Crippen molar-refractivity contribution in [2.24, 2.45) is 0 Å². The maximum absolute atomic E-state index is 11.7. The SMILES string of the molecule is CC(C)Nc1ccc(C(=O)NCCS(=O)(=O)O)cc1. The molecule has 0 heterocycles. The molecule has 0 fully saturated rings. The first-order chi connectivity index (χ1) is 8.78. The van der Waals surface area contributed by atoms with Gasteiger partial charge in [-0.15, -0.1) is 0 Å². The molecule has 0 spiro atoms. The Morgan fingerprint density at radius 2 is 1.84 bits per heavy atom. The van der Waals surface area contributed by atoms with Gasteiger partial charge in [0.05, 0.1) is 5.75 Å². The molecule has 19 heavy (non-hydrogen) atoms. The van der Waals surface area contributed by atoms with Gasteiger partial charge >= 0.3 is 0 Å². The third-order valence-electron chi connectivity index (χ3n) is 2.25. The van der Waals surface area contributed by atoms with Crippen LogP contribution in [0.25, 0.3) is 0 Å². The summed E-state index contributed by atoms with van der Waals surface area (Å²) >= 11 is 0. The van der Waals surface area contributed by atoms with Gasteiger partial charge in [-0.25, -0.2) is 0 Å². The molecule has 7 heteroatoms. The normalized spacial score (nSPS) is 11.4. The summed E-state index contributed by atoms with van der Waals surface area (Å²) in [5.74, 6) is -0.870. The molecule has 106 valence electrons. The minimum atomic E-state index is -4.05. The molecule has 0 aromatic heterocycles. The first-order valence-corrected chi connectivity index (χ1v) is 7.49. The maximum Gasteiger partial charge on any atom is 0.266 e. The Morgan fingerprint density at radius 1 is 1.26 bits per heavy atom. The highest BCUT2D eigenvalue weighted by Gasteiger charge is 2.08. The molecule has 0 aliphatic heterocycles. The molecule has 1 aromatic rings. The summed E-state index contributed by atoms with van der Waals surface area (Å²) in [4.78, 5) is 11.7. The lowest BCUT2D eigenvalue weighted by Gasteiger charge is -2.10. The summed E-state index contributed by atoms with van der Waals surface area (Å²) in [6, 6.07) is 7.14. The molecule has 3 N–H and O–H groups in total. The van der Waals surface area contributed by atoms with Crippen LogP contribution in [0.1, 0.15) is 24.2 Å². The Bertz CT molecular complexity index is 523. The fraction of sp³-hybridized carbons (Fsp3) is 0.417. The van der Waals surface area contributed by atoms with Crippen LogP contribution in [0, 0.1) is 0 Å². The summed E-state index contributed by atoms with van der Waals surface area (Å²) < 4.78 is 29.5. The van der Waals surface area contributed by atoms with E-state index in [4.69, 9.17) is 4.55 Å². The van der Waals surface area contributed by atoms with E-state index in [2.05, 4.69) is 10.6 Å². The molecule has 1 aromatic carbocycles. The zero-order valence-electron chi connectivity index (χ0n) is 10.9. The minimum absolute atomic E-state index is 0.121. The van der Waals surface area contributed by atoms with Crippen molar-refractivity contribution in [3.05, 3.63) is 29.8 Å². The highest BCUT2D eigenvalue weighted by molar-refractivity contribution is 7.85. The van der Waals surface area contributed by atoms with Crippen LogP contribution in [0.4, 0.5) is 5.69 Å². The topological polar surface area (TPSA) is 95.5 Å². The first kappa shape index (κ1) is 15.5. The van der Waals surface area contributed by atoms with Crippen molar-refractivity contribution in [2.45, 2.75) is 19.9 Å². The Hall–Kier alpha value is -1.60. The van der Waals surface area contributed by atoms with Crippen LogP contribution in [-0.4, -0.2) is 37.2 Å². The molecule has 1 amide bonds. The summed E-state index contributed by atoms with van der Waals surface area (Å²) in [5.41, 5.74) is 1.34. The van der Waals surface area contributed by atoms with Crippen LogP contribution in [-0.2, 0) is 10.1 Å². The molecular formula is C12H18N2O4S. The molecule has 0 aliphatic carbocycles. The lowest BCUT2D eigenvalue weighted by molar-refractivity contribution is 0.0956. The smallest absolute Gasteiger partial charge is 0.266 e. The van der Waals surface area contributed by atoms with Crippen LogP contribution in [0.3, 0.4) is 0 Å². The molecule has 6 nitrogen and oxygen atoms in total. The van der Waals surface area contributed by atoms with Crippen molar-refractivity contribution < 1.29 is 17.8 Å². The quantitative estimate of drug-likeness (QED) is 0.681. The van der Waals surface area contributed by atoms with E-state index in [9.17, 15) is 13.2 Å². The second kappa shape index (κ2) is 6.53. The second-order valence-electron chi connectivity index (χ2n) is 4.42. The third-order valence-corrected chi connectivity index (χ3v) is 2.97. The standard InChI is InChI=1S/C12H18N2O4S/c1-9(2)14-11-5-3-10(4-6-11)12(15)13-7-8-19(16,17)18/h3-6,9,14H,7-8H2,1-2H3,(H,13,15)(H,16,17,18). The molecule has 0 saturated heterocycles. The molecule has 0 saturated carbocycles. The zero-order valence-corrected chi connectivity index (χ0v) is 11.7. The van der Waals surface area contributed by atoms with Crippen molar-refractivity contribution in [1.29, 1.82) is 0 Å². The van der Waals surface area contributed by atoms with E-state index in [1.54, 1.807) is 24.3 Å². The Balaban J connectivity index is 2.53. The maximum atomic E-state index is 11.7. The second-order valence-corrected chi connectivity index (χ2v) is 5.99. The van der Waals surface area contributed by atoms with Crippen molar-refractivity contribution >= 4 is 21.7 Å². The molecule has 0 radical (unpaired) electrons. The monoisotopic (exact) mass is 286 g/mol. The van der Waals surface area contributed by atoms with E-state index in [0.717, 1.165) is 5.69 Å². The van der Waals surface area contributed by atoms with Crippen LogP contribution in [0.15, 0.2) is 24.3 Å². The number of hydrogen-bond donors (Lipinski definition) is 3.